The maximum Gasteiger partial charge on any atom is 0.262 e. The van der Waals surface area contributed by atoms with Gasteiger partial charge < -0.3 is 5.32 Å². The molecule has 0 fully saturated rings. The van der Waals surface area contributed by atoms with Gasteiger partial charge in [0.15, 0.2) is 0 Å². The van der Waals surface area contributed by atoms with Crippen molar-refractivity contribution >= 4 is 50.7 Å². The number of rotatable bonds is 7. The Morgan fingerprint density at radius 2 is 1.92 bits per heavy atom. The molecule has 5 nitrogen and oxygen atoms in total. The fourth-order valence-corrected chi connectivity index (χ4v) is 4.05. The van der Waals surface area contributed by atoms with Crippen LogP contribution in [0, 0.1) is 6.92 Å². The molecule has 0 saturated carbocycles. The molecule has 1 amide bonds. The molecule has 2 rings (SSSR count). The van der Waals surface area contributed by atoms with Gasteiger partial charge in [0.1, 0.15) is 0 Å². The van der Waals surface area contributed by atoms with Crippen molar-refractivity contribution in [2.75, 3.05) is 22.0 Å². The number of amides is 1. The van der Waals surface area contributed by atoms with Crippen LogP contribution in [-0.4, -0.2) is 26.3 Å². The van der Waals surface area contributed by atoms with Crippen molar-refractivity contribution in [3.05, 3.63) is 53.1 Å². The van der Waals surface area contributed by atoms with E-state index in [9.17, 15) is 13.2 Å². The number of hydrogen-bond acceptors (Lipinski definition) is 4. The third-order valence-corrected chi connectivity index (χ3v) is 5.74. The van der Waals surface area contributed by atoms with Crippen LogP contribution >= 0.6 is 23.4 Å². The second-order valence-corrected chi connectivity index (χ2v) is 8.46. The van der Waals surface area contributed by atoms with E-state index < -0.39 is 10.0 Å². The summed E-state index contributed by atoms with van der Waals surface area (Å²) in [5.41, 5.74) is 1.40. The standard InChI is InChI=1S/C17H19ClN2O3S2/c1-12-6-7-14(19-17(21)8-9-24-2)11-16(12)25(22,23)20-15-5-3-4-13(18)10-15/h3-7,10-11,20H,8-9H2,1-2H3,(H,19,21). The molecule has 0 aliphatic heterocycles. The molecule has 0 unspecified atom stereocenters. The first-order valence-corrected chi connectivity index (χ1v) is 10.7. The Kier molecular flexibility index (Phi) is 6.75. The summed E-state index contributed by atoms with van der Waals surface area (Å²) in [7, 11) is -3.80. The van der Waals surface area contributed by atoms with Gasteiger partial charge in [0, 0.05) is 22.9 Å². The Balaban J connectivity index is 2.24. The van der Waals surface area contributed by atoms with Crippen LogP contribution < -0.4 is 10.0 Å². The van der Waals surface area contributed by atoms with Crippen molar-refractivity contribution in [2.45, 2.75) is 18.2 Å². The molecule has 134 valence electrons. The van der Waals surface area contributed by atoms with Crippen molar-refractivity contribution in [2.24, 2.45) is 0 Å². The Morgan fingerprint density at radius 3 is 2.60 bits per heavy atom. The predicted molar refractivity (Wildman–Crippen MR) is 105 cm³/mol. The molecule has 25 heavy (non-hydrogen) atoms. The lowest BCUT2D eigenvalue weighted by Crippen LogP contribution is -2.16. The molecular formula is C17H19ClN2O3S2. The lowest BCUT2D eigenvalue weighted by Gasteiger charge is -2.13. The summed E-state index contributed by atoms with van der Waals surface area (Å²) in [5, 5.41) is 3.16. The average molecular weight is 399 g/mol. The third kappa shape index (κ3) is 5.66. The van der Waals surface area contributed by atoms with Gasteiger partial charge in [-0.2, -0.15) is 11.8 Å². The normalized spacial score (nSPS) is 11.2. The van der Waals surface area contributed by atoms with E-state index in [1.807, 2.05) is 6.26 Å². The van der Waals surface area contributed by atoms with Gasteiger partial charge in [-0.1, -0.05) is 23.7 Å². The molecule has 0 bridgehead atoms. The van der Waals surface area contributed by atoms with Gasteiger partial charge in [-0.25, -0.2) is 8.42 Å². The zero-order valence-electron chi connectivity index (χ0n) is 13.9. The monoisotopic (exact) mass is 398 g/mol. The van der Waals surface area contributed by atoms with Gasteiger partial charge in [0.2, 0.25) is 5.91 Å². The fraction of sp³-hybridized carbons (Fsp3) is 0.235. The first-order chi connectivity index (χ1) is 11.8. The van der Waals surface area contributed by atoms with E-state index in [1.54, 1.807) is 49.0 Å². The average Bonchev–Trinajstić information content (AvgIpc) is 2.54. The summed E-state index contributed by atoms with van der Waals surface area (Å²) < 4.78 is 27.8. The lowest BCUT2D eigenvalue weighted by atomic mass is 10.2. The van der Waals surface area contributed by atoms with Crippen LogP contribution in [0.5, 0.6) is 0 Å². The summed E-state index contributed by atoms with van der Waals surface area (Å²) in [6.07, 6.45) is 2.29. The van der Waals surface area contributed by atoms with Gasteiger partial charge in [0.05, 0.1) is 10.6 Å². The number of carbonyl (C=O) groups is 1. The Morgan fingerprint density at radius 1 is 1.16 bits per heavy atom. The van der Waals surface area contributed by atoms with E-state index >= 15 is 0 Å². The third-order valence-electron chi connectivity index (χ3n) is 3.37. The highest BCUT2D eigenvalue weighted by molar-refractivity contribution is 7.98. The molecular weight excluding hydrogens is 380 g/mol. The van der Waals surface area contributed by atoms with Gasteiger partial charge in [-0.3, -0.25) is 9.52 Å². The maximum absolute atomic E-state index is 12.7. The molecule has 0 heterocycles. The molecule has 0 aromatic heterocycles. The summed E-state index contributed by atoms with van der Waals surface area (Å²) in [6.45, 7) is 1.70. The number of aryl methyl sites for hydroxylation is 1. The molecule has 0 saturated heterocycles. The van der Waals surface area contributed by atoms with E-state index in [0.29, 0.717) is 34.1 Å². The van der Waals surface area contributed by atoms with Crippen molar-refractivity contribution in [1.82, 2.24) is 0 Å². The number of carbonyl (C=O) groups excluding carboxylic acids is 1. The van der Waals surface area contributed by atoms with Crippen LogP contribution in [-0.2, 0) is 14.8 Å². The first kappa shape index (κ1) is 19.6. The molecule has 2 N–H and O–H groups in total. The zero-order chi connectivity index (χ0) is 18.4. The minimum Gasteiger partial charge on any atom is -0.326 e. The van der Waals surface area contributed by atoms with Crippen molar-refractivity contribution < 1.29 is 13.2 Å². The molecule has 0 radical (unpaired) electrons. The van der Waals surface area contributed by atoms with Gasteiger partial charge >= 0.3 is 0 Å². The van der Waals surface area contributed by atoms with Crippen LogP contribution in [0.3, 0.4) is 0 Å². The summed E-state index contributed by atoms with van der Waals surface area (Å²) >= 11 is 7.47. The topological polar surface area (TPSA) is 75.3 Å². The van der Waals surface area contributed by atoms with Crippen LogP contribution in [0.1, 0.15) is 12.0 Å². The largest absolute Gasteiger partial charge is 0.326 e. The minimum atomic E-state index is -3.80. The predicted octanol–water partition coefficient (Wildman–Crippen LogP) is 4.14. The van der Waals surface area contributed by atoms with E-state index in [-0.39, 0.29) is 10.8 Å². The smallest absolute Gasteiger partial charge is 0.262 e. The van der Waals surface area contributed by atoms with Gasteiger partial charge in [-0.15, -0.1) is 0 Å². The van der Waals surface area contributed by atoms with Crippen LogP contribution in [0.25, 0.3) is 0 Å². The number of hydrogen-bond donors (Lipinski definition) is 2. The summed E-state index contributed by atoms with van der Waals surface area (Å²) in [4.78, 5) is 11.9. The van der Waals surface area contributed by atoms with E-state index in [2.05, 4.69) is 10.0 Å². The summed E-state index contributed by atoms with van der Waals surface area (Å²) in [5.74, 6) is 0.559. The number of sulfonamides is 1. The van der Waals surface area contributed by atoms with Crippen molar-refractivity contribution in [1.29, 1.82) is 0 Å². The highest BCUT2D eigenvalue weighted by Gasteiger charge is 2.18. The maximum atomic E-state index is 12.7. The molecule has 2 aromatic rings. The van der Waals surface area contributed by atoms with E-state index in [1.165, 1.54) is 12.1 Å². The van der Waals surface area contributed by atoms with Crippen molar-refractivity contribution in [3.8, 4) is 0 Å². The Labute approximate surface area is 157 Å². The number of nitrogens with one attached hydrogen (secondary N) is 2. The lowest BCUT2D eigenvalue weighted by molar-refractivity contribution is -0.115. The van der Waals surface area contributed by atoms with Crippen LogP contribution in [0.4, 0.5) is 11.4 Å². The highest BCUT2D eigenvalue weighted by Crippen LogP contribution is 2.24. The second kappa shape index (κ2) is 8.60. The fourth-order valence-electron chi connectivity index (χ4n) is 2.15. The molecule has 0 atom stereocenters. The molecule has 0 spiro atoms. The SMILES string of the molecule is CSCCC(=O)Nc1ccc(C)c(S(=O)(=O)Nc2cccc(Cl)c2)c1. The number of anilines is 2. The number of benzene rings is 2. The van der Waals surface area contributed by atoms with Gasteiger partial charge in [0.25, 0.3) is 10.0 Å². The number of halogens is 1. The van der Waals surface area contributed by atoms with Crippen LogP contribution in [0.2, 0.25) is 5.02 Å². The van der Waals surface area contributed by atoms with Gasteiger partial charge in [-0.05, 0) is 49.1 Å². The highest BCUT2D eigenvalue weighted by atomic mass is 35.5. The van der Waals surface area contributed by atoms with E-state index in [4.69, 9.17) is 11.6 Å². The minimum absolute atomic E-state index is 0.107. The molecule has 0 aliphatic rings. The molecule has 0 aliphatic carbocycles. The molecule has 2 aromatic carbocycles. The Bertz CT molecular complexity index is 870. The molecule has 8 heteroatoms. The Hall–Kier alpha value is -1.70. The quantitative estimate of drug-likeness (QED) is 0.734. The second-order valence-electron chi connectivity index (χ2n) is 5.39. The number of thioether (sulfide) groups is 1. The summed E-state index contributed by atoms with van der Waals surface area (Å²) in [6, 6.07) is 11.3. The van der Waals surface area contributed by atoms with E-state index in [0.717, 1.165) is 0 Å². The first-order valence-electron chi connectivity index (χ1n) is 7.49. The van der Waals surface area contributed by atoms with Crippen LogP contribution in [0.15, 0.2) is 47.4 Å². The zero-order valence-corrected chi connectivity index (χ0v) is 16.3. The van der Waals surface area contributed by atoms with Crippen molar-refractivity contribution in [3.63, 3.8) is 0 Å².